The number of anilines is 2. The number of nitrogens with one attached hydrogen (secondary N) is 1. The first-order chi connectivity index (χ1) is 10.4. The van der Waals surface area contributed by atoms with Crippen molar-refractivity contribution in [3.05, 3.63) is 54.2 Å². The molecule has 0 saturated carbocycles. The third-order valence-electron chi connectivity index (χ3n) is 4.24. The molecule has 0 bridgehead atoms. The number of benzene rings is 1. The minimum Gasteiger partial charge on any atom is -0.340 e. The Balaban J connectivity index is 1.71. The summed E-state index contributed by atoms with van der Waals surface area (Å²) >= 11 is 0. The van der Waals surface area contributed by atoms with E-state index in [1.54, 1.807) is 0 Å². The van der Waals surface area contributed by atoms with Gasteiger partial charge in [-0.2, -0.15) is 0 Å². The van der Waals surface area contributed by atoms with Crippen LogP contribution in [0.4, 0.5) is 11.5 Å². The Labute approximate surface area is 127 Å². The molecule has 0 aliphatic carbocycles. The van der Waals surface area contributed by atoms with Gasteiger partial charge in [-0.05, 0) is 49.7 Å². The summed E-state index contributed by atoms with van der Waals surface area (Å²) in [5.41, 5.74) is 2.42. The van der Waals surface area contributed by atoms with Crippen LogP contribution in [0.3, 0.4) is 0 Å². The second kappa shape index (κ2) is 6.72. The van der Waals surface area contributed by atoms with Gasteiger partial charge in [0.2, 0.25) is 0 Å². The smallest absolute Gasteiger partial charge is 0.130 e. The maximum atomic E-state index is 4.58. The third kappa shape index (κ3) is 3.42. The van der Waals surface area contributed by atoms with Crippen LogP contribution in [0.5, 0.6) is 0 Å². The van der Waals surface area contributed by atoms with E-state index in [9.17, 15) is 0 Å². The fraction of sp³-hybridized carbons (Fsp3) is 0.389. The lowest BCUT2D eigenvalue weighted by Crippen LogP contribution is -2.33. The number of piperidine rings is 1. The molecule has 0 unspecified atom stereocenters. The summed E-state index contributed by atoms with van der Waals surface area (Å²) in [6.07, 6.45) is 5.93. The molecule has 110 valence electrons. The van der Waals surface area contributed by atoms with Gasteiger partial charge in [0, 0.05) is 17.9 Å². The topological polar surface area (TPSA) is 28.2 Å². The number of hydrogen-bond donors (Lipinski definition) is 1. The first-order valence-corrected chi connectivity index (χ1v) is 7.89. The SMILES string of the molecule is CCN1CCCC[C@@H]1c1ccc(Nc2ccccc2)nc1. The molecule has 1 aliphatic heterocycles. The number of para-hydroxylation sites is 1. The van der Waals surface area contributed by atoms with Crippen LogP contribution in [0.2, 0.25) is 0 Å². The molecule has 21 heavy (non-hydrogen) atoms. The van der Waals surface area contributed by atoms with Crippen molar-refractivity contribution >= 4 is 11.5 Å². The third-order valence-corrected chi connectivity index (χ3v) is 4.24. The summed E-state index contributed by atoms with van der Waals surface area (Å²) in [6.45, 7) is 4.58. The summed E-state index contributed by atoms with van der Waals surface area (Å²) in [4.78, 5) is 7.14. The zero-order chi connectivity index (χ0) is 14.5. The Kier molecular flexibility index (Phi) is 4.51. The fourth-order valence-electron chi connectivity index (χ4n) is 3.09. The zero-order valence-electron chi connectivity index (χ0n) is 12.6. The molecule has 1 fully saturated rings. The molecular weight excluding hydrogens is 258 g/mol. The van der Waals surface area contributed by atoms with Crippen molar-refractivity contribution in [1.29, 1.82) is 0 Å². The molecular formula is C18H23N3. The molecule has 3 nitrogen and oxygen atoms in total. The lowest BCUT2D eigenvalue weighted by atomic mass is 9.96. The Hall–Kier alpha value is -1.87. The predicted molar refractivity (Wildman–Crippen MR) is 87.8 cm³/mol. The first-order valence-electron chi connectivity index (χ1n) is 7.89. The number of nitrogens with zero attached hydrogens (tertiary/aromatic N) is 2. The van der Waals surface area contributed by atoms with Gasteiger partial charge < -0.3 is 5.32 Å². The van der Waals surface area contributed by atoms with Crippen LogP contribution < -0.4 is 5.32 Å². The van der Waals surface area contributed by atoms with Gasteiger partial charge in [0.1, 0.15) is 5.82 Å². The largest absolute Gasteiger partial charge is 0.340 e. The number of pyridine rings is 1. The highest BCUT2D eigenvalue weighted by atomic mass is 15.2. The van der Waals surface area contributed by atoms with Crippen molar-refractivity contribution < 1.29 is 0 Å². The molecule has 1 aromatic carbocycles. The molecule has 2 aromatic rings. The predicted octanol–water partition coefficient (Wildman–Crippen LogP) is 4.37. The van der Waals surface area contributed by atoms with E-state index in [-0.39, 0.29) is 0 Å². The number of aromatic nitrogens is 1. The molecule has 2 heterocycles. The van der Waals surface area contributed by atoms with E-state index >= 15 is 0 Å². The normalized spacial score (nSPS) is 19.4. The monoisotopic (exact) mass is 281 g/mol. The Morgan fingerprint density at radius 3 is 2.71 bits per heavy atom. The van der Waals surface area contributed by atoms with Gasteiger partial charge in [-0.1, -0.05) is 37.6 Å². The number of likely N-dealkylation sites (tertiary alicyclic amines) is 1. The van der Waals surface area contributed by atoms with Crippen LogP contribution in [0.25, 0.3) is 0 Å². The van der Waals surface area contributed by atoms with E-state index in [4.69, 9.17) is 0 Å². The molecule has 1 atom stereocenters. The lowest BCUT2D eigenvalue weighted by Gasteiger charge is -2.35. The minimum atomic E-state index is 0.544. The van der Waals surface area contributed by atoms with Gasteiger partial charge in [0.05, 0.1) is 0 Å². The van der Waals surface area contributed by atoms with Gasteiger partial charge in [-0.15, -0.1) is 0 Å². The van der Waals surface area contributed by atoms with Crippen LogP contribution in [0, 0.1) is 0 Å². The van der Waals surface area contributed by atoms with E-state index < -0.39 is 0 Å². The summed E-state index contributed by atoms with van der Waals surface area (Å²) in [6, 6.07) is 15.0. The molecule has 0 amide bonds. The quantitative estimate of drug-likeness (QED) is 0.902. The fourth-order valence-corrected chi connectivity index (χ4v) is 3.09. The first kappa shape index (κ1) is 14.1. The van der Waals surface area contributed by atoms with Crippen molar-refractivity contribution in [2.24, 2.45) is 0 Å². The number of rotatable bonds is 4. The van der Waals surface area contributed by atoms with E-state index in [0.29, 0.717) is 6.04 Å². The molecule has 3 heteroatoms. The lowest BCUT2D eigenvalue weighted by molar-refractivity contribution is 0.157. The van der Waals surface area contributed by atoms with Gasteiger partial charge in [-0.3, -0.25) is 4.90 Å². The highest BCUT2D eigenvalue weighted by Gasteiger charge is 2.22. The van der Waals surface area contributed by atoms with Crippen LogP contribution >= 0.6 is 0 Å². The minimum absolute atomic E-state index is 0.544. The molecule has 3 rings (SSSR count). The van der Waals surface area contributed by atoms with Gasteiger partial charge >= 0.3 is 0 Å². The average Bonchev–Trinajstić information content (AvgIpc) is 2.56. The molecule has 1 aliphatic rings. The van der Waals surface area contributed by atoms with Crippen molar-refractivity contribution in [2.45, 2.75) is 32.2 Å². The second-order valence-corrected chi connectivity index (χ2v) is 5.61. The zero-order valence-corrected chi connectivity index (χ0v) is 12.6. The molecule has 1 aromatic heterocycles. The highest BCUT2D eigenvalue weighted by Crippen LogP contribution is 2.30. The molecule has 1 saturated heterocycles. The van der Waals surface area contributed by atoms with Crippen LogP contribution in [-0.4, -0.2) is 23.0 Å². The molecule has 1 N–H and O–H groups in total. The van der Waals surface area contributed by atoms with Crippen LogP contribution in [0.15, 0.2) is 48.7 Å². The summed E-state index contributed by atoms with van der Waals surface area (Å²) in [7, 11) is 0. The van der Waals surface area contributed by atoms with E-state index in [0.717, 1.165) is 18.1 Å². The number of hydrogen-bond acceptors (Lipinski definition) is 3. The van der Waals surface area contributed by atoms with Crippen LogP contribution in [0.1, 0.15) is 37.8 Å². The van der Waals surface area contributed by atoms with Crippen molar-refractivity contribution in [3.63, 3.8) is 0 Å². The van der Waals surface area contributed by atoms with Crippen molar-refractivity contribution in [2.75, 3.05) is 18.4 Å². The summed E-state index contributed by atoms with van der Waals surface area (Å²) < 4.78 is 0. The maximum absolute atomic E-state index is 4.58. The van der Waals surface area contributed by atoms with E-state index in [2.05, 4.69) is 46.4 Å². The Morgan fingerprint density at radius 2 is 2.00 bits per heavy atom. The molecule has 0 radical (unpaired) electrons. The van der Waals surface area contributed by atoms with Crippen LogP contribution in [-0.2, 0) is 0 Å². The van der Waals surface area contributed by atoms with Gasteiger partial charge in [0.25, 0.3) is 0 Å². The average molecular weight is 281 g/mol. The van der Waals surface area contributed by atoms with E-state index in [1.165, 1.54) is 31.4 Å². The second-order valence-electron chi connectivity index (χ2n) is 5.61. The molecule has 0 spiro atoms. The highest BCUT2D eigenvalue weighted by molar-refractivity contribution is 5.55. The Bertz CT molecular complexity index is 550. The maximum Gasteiger partial charge on any atom is 0.130 e. The Morgan fingerprint density at radius 1 is 1.14 bits per heavy atom. The van der Waals surface area contributed by atoms with Crippen molar-refractivity contribution in [3.8, 4) is 0 Å². The van der Waals surface area contributed by atoms with Crippen molar-refractivity contribution in [1.82, 2.24) is 9.88 Å². The summed E-state index contributed by atoms with van der Waals surface area (Å²) in [5, 5.41) is 3.33. The van der Waals surface area contributed by atoms with E-state index in [1.807, 2.05) is 24.4 Å². The standard InChI is InChI=1S/C18H23N3/c1-2-21-13-7-6-10-17(21)15-11-12-18(19-14-15)20-16-8-4-3-5-9-16/h3-5,8-9,11-12,14,17H,2,6-7,10,13H2,1H3,(H,19,20)/t17-/m1/s1. The summed E-state index contributed by atoms with van der Waals surface area (Å²) in [5.74, 6) is 0.906. The van der Waals surface area contributed by atoms with Gasteiger partial charge in [-0.25, -0.2) is 4.98 Å². The van der Waals surface area contributed by atoms with Gasteiger partial charge in [0.15, 0.2) is 0 Å².